The van der Waals surface area contributed by atoms with E-state index >= 15 is 0 Å². The van der Waals surface area contributed by atoms with Crippen LogP contribution in [0.2, 0.25) is 0 Å². The first-order valence-corrected chi connectivity index (χ1v) is 6.24. The minimum atomic E-state index is -0.365. The summed E-state index contributed by atoms with van der Waals surface area (Å²) in [5, 5.41) is 9.01. The lowest BCUT2D eigenvalue weighted by Crippen LogP contribution is -2.39. The van der Waals surface area contributed by atoms with Gasteiger partial charge in [0.15, 0.2) is 0 Å². The summed E-state index contributed by atoms with van der Waals surface area (Å²) in [6.45, 7) is 1.27. The van der Waals surface area contributed by atoms with Gasteiger partial charge in [-0.25, -0.2) is 4.39 Å². The molecule has 0 heterocycles. The van der Waals surface area contributed by atoms with Gasteiger partial charge in [-0.3, -0.25) is 4.90 Å². The molecule has 18 heavy (non-hydrogen) atoms. The molecule has 0 aliphatic heterocycles. The normalized spacial score (nSPS) is 16.6. The van der Waals surface area contributed by atoms with Gasteiger partial charge in [0, 0.05) is 19.1 Å². The van der Waals surface area contributed by atoms with Crippen LogP contribution in [0.4, 0.5) is 4.39 Å². The fourth-order valence-electron chi connectivity index (χ4n) is 2.39. The van der Waals surface area contributed by atoms with E-state index in [2.05, 4.69) is 4.90 Å². The number of nitrogens with two attached hydrogens (primary N) is 1. The van der Waals surface area contributed by atoms with Crippen LogP contribution in [0.25, 0.3) is 0 Å². The molecule has 1 aliphatic rings. The average Bonchev–Trinajstić information content (AvgIpc) is 3.17. The van der Waals surface area contributed by atoms with Crippen molar-refractivity contribution in [1.29, 1.82) is 5.26 Å². The molecule has 2 rings (SSSR count). The van der Waals surface area contributed by atoms with E-state index in [9.17, 15) is 4.39 Å². The van der Waals surface area contributed by atoms with Gasteiger partial charge in [-0.1, -0.05) is 6.07 Å². The topological polar surface area (TPSA) is 53.0 Å². The summed E-state index contributed by atoms with van der Waals surface area (Å²) < 4.78 is 13.0. The van der Waals surface area contributed by atoms with E-state index in [1.165, 1.54) is 25.0 Å². The molecule has 1 aromatic carbocycles. The first-order valence-electron chi connectivity index (χ1n) is 6.24. The summed E-state index contributed by atoms with van der Waals surface area (Å²) in [6.07, 6.45) is 2.47. The van der Waals surface area contributed by atoms with Crippen LogP contribution in [0.1, 0.15) is 24.0 Å². The van der Waals surface area contributed by atoms with E-state index in [4.69, 9.17) is 11.0 Å². The van der Waals surface area contributed by atoms with Crippen molar-refractivity contribution >= 4 is 0 Å². The van der Waals surface area contributed by atoms with Crippen molar-refractivity contribution in [1.82, 2.24) is 4.90 Å². The lowest BCUT2D eigenvalue weighted by Gasteiger charge is -2.27. The van der Waals surface area contributed by atoms with Crippen LogP contribution in [0.3, 0.4) is 0 Å². The fraction of sp³-hybridized carbons (Fsp3) is 0.500. The zero-order valence-corrected chi connectivity index (χ0v) is 10.6. The van der Waals surface area contributed by atoms with Crippen molar-refractivity contribution in [3.63, 3.8) is 0 Å². The molecular formula is C14H18FN3. The molecule has 0 radical (unpaired) electrons. The van der Waals surface area contributed by atoms with Crippen molar-refractivity contribution < 1.29 is 4.39 Å². The van der Waals surface area contributed by atoms with Crippen molar-refractivity contribution in [3.8, 4) is 6.07 Å². The molecular weight excluding hydrogens is 229 g/mol. The van der Waals surface area contributed by atoms with Crippen molar-refractivity contribution in [2.75, 3.05) is 13.6 Å². The Morgan fingerprint density at radius 3 is 2.83 bits per heavy atom. The molecule has 1 aromatic rings. The van der Waals surface area contributed by atoms with Gasteiger partial charge in [-0.15, -0.1) is 0 Å². The molecule has 1 atom stereocenters. The van der Waals surface area contributed by atoms with Crippen LogP contribution < -0.4 is 5.73 Å². The molecule has 0 amide bonds. The molecule has 0 saturated heterocycles. The molecule has 1 unspecified atom stereocenters. The molecule has 96 valence electrons. The van der Waals surface area contributed by atoms with E-state index < -0.39 is 0 Å². The van der Waals surface area contributed by atoms with Gasteiger partial charge in [-0.2, -0.15) is 5.26 Å². The van der Waals surface area contributed by atoms with Crippen LogP contribution in [-0.2, 0) is 6.54 Å². The Labute approximate surface area is 107 Å². The smallest absolute Gasteiger partial charge is 0.124 e. The highest BCUT2D eigenvalue weighted by Gasteiger charge is 2.32. The monoisotopic (exact) mass is 247 g/mol. The highest BCUT2D eigenvalue weighted by molar-refractivity contribution is 5.37. The summed E-state index contributed by atoms with van der Waals surface area (Å²) in [5.41, 5.74) is 7.07. The molecule has 1 aliphatic carbocycles. The highest BCUT2D eigenvalue weighted by Crippen LogP contribution is 2.35. The molecule has 4 heteroatoms. The minimum absolute atomic E-state index is 0.363. The average molecular weight is 247 g/mol. The van der Waals surface area contributed by atoms with Crippen LogP contribution in [0, 0.1) is 23.1 Å². The Morgan fingerprint density at radius 2 is 2.28 bits per heavy atom. The summed E-state index contributed by atoms with van der Waals surface area (Å²) >= 11 is 0. The summed E-state index contributed by atoms with van der Waals surface area (Å²) in [4.78, 5) is 2.17. The predicted molar refractivity (Wildman–Crippen MR) is 68.1 cm³/mol. The molecule has 0 bridgehead atoms. The minimum Gasteiger partial charge on any atom is -0.329 e. The van der Waals surface area contributed by atoms with Gasteiger partial charge in [0.05, 0.1) is 11.6 Å². The Kier molecular flexibility index (Phi) is 3.95. The largest absolute Gasteiger partial charge is 0.329 e. The standard InChI is InChI=1S/C14H18FN3/c1-18(14(8-17)10-2-3-10)9-11-4-5-13(15)6-12(11)7-16/h4-6,10,14H,2-3,8-9,17H2,1H3. The van der Waals surface area contributed by atoms with Crippen LogP contribution in [0.5, 0.6) is 0 Å². The number of nitriles is 1. The second-order valence-corrected chi connectivity index (χ2v) is 4.97. The summed E-state index contributed by atoms with van der Waals surface area (Å²) in [7, 11) is 2.01. The molecule has 1 fully saturated rings. The Balaban J connectivity index is 2.10. The van der Waals surface area contributed by atoms with Gasteiger partial charge in [0.25, 0.3) is 0 Å². The molecule has 2 N–H and O–H groups in total. The SMILES string of the molecule is CN(Cc1ccc(F)cc1C#N)C(CN)C1CC1. The van der Waals surface area contributed by atoms with Gasteiger partial charge in [0.1, 0.15) is 5.82 Å². The quantitative estimate of drug-likeness (QED) is 0.864. The zero-order valence-electron chi connectivity index (χ0n) is 10.6. The number of halogens is 1. The highest BCUT2D eigenvalue weighted by atomic mass is 19.1. The van der Waals surface area contributed by atoms with Crippen LogP contribution in [0.15, 0.2) is 18.2 Å². The number of nitrogens with zero attached hydrogens (tertiary/aromatic N) is 2. The Hall–Kier alpha value is -1.44. The second-order valence-electron chi connectivity index (χ2n) is 4.97. The van der Waals surface area contributed by atoms with E-state index in [1.807, 2.05) is 13.1 Å². The molecule has 0 spiro atoms. The Bertz CT molecular complexity index is 463. The number of rotatable bonds is 5. The first kappa shape index (κ1) is 13.0. The van der Waals surface area contributed by atoms with Gasteiger partial charge >= 0.3 is 0 Å². The molecule has 1 saturated carbocycles. The van der Waals surface area contributed by atoms with Gasteiger partial charge in [-0.05, 0) is 43.5 Å². The van der Waals surface area contributed by atoms with Crippen molar-refractivity contribution in [2.45, 2.75) is 25.4 Å². The van der Waals surface area contributed by atoms with Crippen LogP contribution >= 0.6 is 0 Å². The summed E-state index contributed by atoms with van der Waals surface area (Å²) in [5.74, 6) is 0.321. The fourth-order valence-corrected chi connectivity index (χ4v) is 2.39. The zero-order chi connectivity index (χ0) is 13.1. The number of hydrogen-bond donors (Lipinski definition) is 1. The maximum Gasteiger partial charge on any atom is 0.124 e. The van der Waals surface area contributed by atoms with Crippen molar-refractivity contribution in [2.24, 2.45) is 11.7 Å². The first-order chi connectivity index (χ1) is 8.65. The van der Waals surface area contributed by atoms with E-state index in [0.29, 0.717) is 30.6 Å². The van der Waals surface area contributed by atoms with Gasteiger partial charge in [0.2, 0.25) is 0 Å². The predicted octanol–water partition coefficient (Wildman–Crippen LogP) is 1.87. The Morgan fingerprint density at radius 1 is 1.56 bits per heavy atom. The third-order valence-electron chi connectivity index (χ3n) is 3.59. The van der Waals surface area contributed by atoms with Gasteiger partial charge < -0.3 is 5.73 Å². The van der Waals surface area contributed by atoms with E-state index in [1.54, 1.807) is 6.07 Å². The number of hydrogen-bond acceptors (Lipinski definition) is 3. The second kappa shape index (κ2) is 5.47. The van der Waals surface area contributed by atoms with Crippen LogP contribution in [-0.4, -0.2) is 24.5 Å². The van der Waals surface area contributed by atoms with Crippen molar-refractivity contribution in [3.05, 3.63) is 35.1 Å². The van der Waals surface area contributed by atoms with E-state index in [-0.39, 0.29) is 5.82 Å². The lowest BCUT2D eigenvalue weighted by atomic mass is 10.1. The number of likely N-dealkylation sites (N-methyl/N-ethyl adjacent to an activating group) is 1. The lowest BCUT2D eigenvalue weighted by molar-refractivity contribution is 0.215. The molecule has 3 nitrogen and oxygen atoms in total. The van der Waals surface area contributed by atoms with E-state index in [0.717, 1.165) is 5.56 Å². The summed E-state index contributed by atoms with van der Waals surface area (Å²) in [6, 6.07) is 6.78. The molecule has 0 aromatic heterocycles. The third-order valence-corrected chi connectivity index (χ3v) is 3.59. The third kappa shape index (κ3) is 2.87. The maximum absolute atomic E-state index is 13.0. The number of benzene rings is 1. The maximum atomic E-state index is 13.0.